The van der Waals surface area contributed by atoms with E-state index in [1.165, 1.54) is 5.56 Å². The second-order valence-corrected chi connectivity index (χ2v) is 8.05. The first kappa shape index (κ1) is 27.1. The predicted octanol–water partition coefficient (Wildman–Crippen LogP) is 6.68. The third-order valence-corrected chi connectivity index (χ3v) is 4.20. The Kier molecular flexibility index (Phi) is 11.7. The molecule has 2 aromatic carbocycles. The van der Waals surface area contributed by atoms with Gasteiger partial charge in [0.25, 0.3) is 0 Å². The first-order valence-electron chi connectivity index (χ1n) is 9.81. The van der Waals surface area contributed by atoms with Crippen LogP contribution in [-0.2, 0) is 46.6 Å². The number of hydrogen-bond acceptors (Lipinski definition) is 2. The zero-order valence-corrected chi connectivity index (χ0v) is 22.7. The zero-order chi connectivity index (χ0) is 20.5. The number of rotatable bonds is 3. The van der Waals surface area contributed by atoms with Crippen LogP contribution in [0.25, 0.3) is 22.5 Å². The third-order valence-electron chi connectivity index (χ3n) is 4.20. The van der Waals surface area contributed by atoms with Crippen LogP contribution in [0.4, 0.5) is 0 Å². The van der Waals surface area contributed by atoms with Crippen LogP contribution in [0.1, 0.15) is 26.3 Å². The van der Waals surface area contributed by atoms with Crippen molar-refractivity contribution in [3.8, 4) is 22.5 Å². The smallest absolute Gasteiger partial charge is 0.0160 e. The second kappa shape index (κ2) is 13.5. The Morgan fingerprint density at radius 1 is 0.677 bits per heavy atom. The van der Waals surface area contributed by atoms with Crippen molar-refractivity contribution in [2.75, 3.05) is 0 Å². The van der Waals surface area contributed by atoms with E-state index in [0.29, 0.717) is 5.41 Å². The summed E-state index contributed by atoms with van der Waals surface area (Å²) in [6.07, 6.45) is 4.68. The largest absolute Gasteiger partial charge is 0.305 e. The molecule has 164 valence electrons. The average molecular weight is 763 g/mol. The molecule has 0 N–H and O–H groups in total. The first-order valence-corrected chi connectivity index (χ1v) is 9.81. The molecule has 31 heavy (non-hydrogen) atoms. The Morgan fingerprint density at radius 3 is 1.68 bits per heavy atom. The van der Waals surface area contributed by atoms with Crippen LogP contribution in [0.3, 0.4) is 0 Å². The van der Waals surface area contributed by atoms with Crippen LogP contribution in [0, 0.1) is 17.5 Å². The van der Waals surface area contributed by atoms with Crippen LogP contribution < -0.4 is 0 Å². The molecule has 0 saturated heterocycles. The summed E-state index contributed by atoms with van der Waals surface area (Å²) in [4.78, 5) is 8.54. The molecule has 0 bridgehead atoms. The van der Waals surface area contributed by atoms with Gasteiger partial charge in [-0.15, -0.1) is 71.3 Å². The van der Waals surface area contributed by atoms with Crippen molar-refractivity contribution in [2.45, 2.75) is 27.2 Å². The summed E-state index contributed by atoms with van der Waals surface area (Å²) in [6, 6.07) is 32.4. The monoisotopic (exact) mass is 764 g/mol. The van der Waals surface area contributed by atoms with E-state index in [2.05, 4.69) is 61.1 Å². The Morgan fingerprint density at radius 2 is 1.26 bits per heavy atom. The fourth-order valence-corrected chi connectivity index (χ4v) is 2.94. The SMILES string of the molecule is CC(C)(C)Cc1c[c-]c(-c2ccccn2)cc1.[Ir].[Ir].[c-]1ccccc1-c1ccccn1. The molecular formula is C27H26Ir2N2-2. The van der Waals surface area contributed by atoms with E-state index < -0.39 is 0 Å². The van der Waals surface area contributed by atoms with Gasteiger partial charge in [0.2, 0.25) is 0 Å². The number of nitrogens with zero attached hydrogens (tertiary/aromatic N) is 2. The Balaban J connectivity index is 0.000000305. The molecule has 4 heteroatoms. The minimum atomic E-state index is 0. The molecule has 0 spiro atoms. The molecule has 4 rings (SSSR count). The van der Waals surface area contributed by atoms with Gasteiger partial charge in [-0.05, 0) is 28.9 Å². The van der Waals surface area contributed by atoms with Crippen molar-refractivity contribution in [2.24, 2.45) is 5.41 Å². The fraction of sp³-hybridized carbons (Fsp3) is 0.185. The van der Waals surface area contributed by atoms with Crippen molar-refractivity contribution >= 4 is 0 Å². The second-order valence-electron chi connectivity index (χ2n) is 8.05. The van der Waals surface area contributed by atoms with Gasteiger partial charge in [0.15, 0.2) is 0 Å². The minimum absolute atomic E-state index is 0. The first-order chi connectivity index (χ1) is 14.0. The van der Waals surface area contributed by atoms with Gasteiger partial charge in [-0.3, -0.25) is 0 Å². The van der Waals surface area contributed by atoms with Crippen LogP contribution in [-0.4, -0.2) is 9.97 Å². The normalized spacial score (nSPS) is 10.0. The summed E-state index contributed by atoms with van der Waals surface area (Å²) >= 11 is 0. The quantitative estimate of drug-likeness (QED) is 0.218. The predicted molar refractivity (Wildman–Crippen MR) is 120 cm³/mol. The van der Waals surface area contributed by atoms with Gasteiger partial charge in [-0.25, -0.2) is 0 Å². The van der Waals surface area contributed by atoms with E-state index in [1.807, 2.05) is 66.9 Å². The summed E-state index contributed by atoms with van der Waals surface area (Å²) in [7, 11) is 0. The van der Waals surface area contributed by atoms with E-state index in [0.717, 1.165) is 28.9 Å². The molecule has 0 fully saturated rings. The van der Waals surface area contributed by atoms with Crippen LogP contribution in [0.5, 0.6) is 0 Å². The number of pyridine rings is 2. The van der Waals surface area contributed by atoms with Crippen LogP contribution >= 0.6 is 0 Å². The summed E-state index contributed by atoms with van der Waals surface area (Å²) < 4.78 is 0. The van der Waals surface area contributed by atoms with E-state index in [1.54, 1.807) is 6.20 Å². The summed E-state index contributed by atoms with van der Waals surface area (Å²) in [6.45, 7) is 6.75. The molecule has 0 aliphatic heterocycles. The number of benzene rings is 2. The minimum Gasteiger partial charge on any atom is -0.305 e. The van der Waals surface area contributed by atoms with Gasteiger partial charge in [0.1, 0.15) is 0 Å². The average Bonchev–Trinajstić information content (AvgIpc) is 2.76. The van der Waals surface area contributed by atoms with Crippen LogP contribution in [0.2, 0.25) is 0 Å². The standard InChI is InChI=1S/C16H18N.C11H8N.2Ir/c1-16(2,3)12-13-7-9-14(10-8-13)15-6-4-5-11-17-15;1-2-6-10(7-3-1)11-8-4-5-9-12-11;;/h4-9,11H,12H2,1-3H3;1-6,8-9H;;/q2*-1;;. The summed E-state index contributed by atoms with van der Waals surface area (Å²) in [5, 5.41) is 0. The molecule has 2 aromatic heterocycles. The summed E-state index contributed by atoms with van der Waals surface area (Å²) in [5.41, 5.74) is 5.70. The maximum Gasteiger partial charge on any atom is 0.0160 e. The maximum absolute atomic E-state index is 4.32. The number of hydrogen-bond donors (Lipinski definition) is 0. The van der Waals surface area contributed by atoms with Gasteiger partial charge in [0, 0.05) is 52.6 Å². The molecule has 0 atom stereocenters. The van der Waals surface area contributed by atoms with Gasteiger partial charge in [0.05, 0.1) is 0 Å². The third kappa shape index (κ3) is 9.37. The van der Waals surface area contributed by atoms with Gasteiger partial charge >= 0.3 is 0 Å². The molecule has 0 amide bonds. The molecule has 0 aliphatic carbocycles. The molecule has 2 heterocycles. The van der Waals surface area contributed by atoms with E-state index in [9.17, 15) is 0 Å². The molecule has 0 unspecified atom stereocenters. The topological polar surface area (TPSA) is 25.8 Å². The zero-order valence-electron chi connectivity index (χ0n) is 17.9. The molecular weight excluding hydrogens is 737 g/mol. The molecule has 4 aromatic rings. The maximum atomic E-state index is 4.32. The Labute approximate surface area is 213 Å². The van der Waals surface area contributed by atoms with Crippen molar-refractivity contribution in [1.29, 1.82) is 0 Å². The molecule has 2 nitrogen and oxygen atoms in total. The molecule has 0 saturated carbocycles. The van der Waals surface area contributed by atoms with E-state index in [-0.39, 0.29) is 40.2 Å². The Bertz CT molecular complexity index is 945. The van der Waals surface area contributed by atoms with E-state index >= 15 is 0 Å². The van der Waals surface area contributed by atoms with E-state index in [4.69, 9.17) is 0 Å². The fourth-order valence-electron chi connectivity index (χ4n) is 2.94. The molecule has 0 aliphatic rings. The van der Waals surface area contributed by atoms with Crippen molar-refractivity contribution in [1.82, 2.24) is 9.97 Å². The Hall–Kier alpha value is -1.96. The van der Waals surface area contributed by atoms with Gasteiger partial charge < -0.3 is 9.97 Å². The van der Waals surface area contributed by atoms with Gasteiger partial charge in [-0.2, -0.15) is 0 Å². The van der Waals surface area contributed by atoms with Crippen molar-refractivity contribution in [3.63, 3.8) is 0 Å². The van der Waals surface area contributed by atoms with Crippen molar-refractivity contribution in [3.05, 3.63) is 109 Å². The van der Waals surface area contributed by atoms with Crippen molar-refractivity contribution < 1.29 is 40.2 Å². The molecule has 2 radical (unpaired) electrons. The summed E-state index contributed by atoms with van der Waals surface area (Å²) in [5.74, 6) is 0. The number of aromatic nitrogens is 2. The van der Waals surface area contributed by atoms with Gasteiger partial charge in [-0.1, -0.05) is 51.5 Å². The van der Waals surface area contributed by atoms with Crippen LogP contribution in [0.15, 0.2) is 91.3 Å².